The van der Waals surface area contributed by atoms with Crippen molar-refractivity contribution in [3.63, 3.8) is 0 Å². The predicted octanol–water partition coefficient (Wildman–Crippen LogP) is 2.85. The van der Waals surface area contributed by atoms with E-state index in [0.29, 0.717) is 0 Å². The van der Waals surface area contributed by atoms with Gasteiger partial charge in [-0.1, -0.05) is 35.5 Å². The van der Waals surface area contributed by atoms with Crippen LogP contribution in [0.2, 0.25) is 0 Å². The number of nitrogens with zero attached hydrogens (tertiary/aromatic N) is 3. The first-order valence-electron chi connectivity index (χ1n) is 9.77. The number of morpholine rings is 1. The maximum atomic E-state index is 12.5. The summed E-state index contributed by atoms with van der Waals surface area (Å²) in [7, 11) is 0. The number of carbonyl (C=O) groups is 1. The van der Waals surface area contributed by atoms with Crippen molar-refractivity contribution in [3.05, 3.63) is 59.7 Å². The van der Waals surface area contributed by atoms with E-state index in [1.807, 2.05) is 30.3 Å². The highest BCUT2D eigenvalue weighted by Gasteiger charge is 2.22. The van der Waals surface area contributed by atoms with Crippen LogP contribution in [0, 0.1) is 0 Å². The lowest BCUT2D eigenvalue weighted by Crippen LogP contribution is -2.37. The molecule has 2 aromatic rings. The standard InChI is InChI=1S/C22H25N3O3/c26-22(25-11-3-5-19-4-1-2-6-21(19)25)17-28-23-16-18-7-9-20(10-8-18)24-12-14-27-15-13-24/h1-2,4,6-10,16H,3,5,11-15,17H2. The first-order chi connectivity index (χ1) is 13.8. The molecule has 0 aromatic heterocycles. The van der Waals surface area contributed by atoms with Gasteiger partial charge in [0, 0.05) is 31.0 Å². The van der Waals surface area contributed by atoms with Gasteiger partial charge in [0.25, 0.3) is 5.91 Å². The second kappa shape index (κ2) is 8.89. The third-order valence-electron chi connectivity index (χ3n) is 5.14. The molecule has 2 aliphatic rings. The molecule has 2 aromatic carbocycles. The quantitative estimate of drug-likeness (QED) is 0.592. The fourth-order valence-corrected chi connectivity index (χ4v) is 3.65. The van der Waals surface area contributed by atoms with Gasteiger partial charge in [-0.05, 0) is 42.2 Å². The summed E-state index contributed by atoms with van der Waals surface area (Å²) in [6.07, 6.45) is 3.63. The van der Waals surface area contributed by atoms with Crippen LogP contribution in [0.1, 0.15) is 17.5 Å². The molecule has 6 nitrogen and oxygen atoms in total. The average molecular weight is 379 g/mol. The molecule has 0 radical (unpaired) electrons. The Labute approximate surface area is 165 Å². The van der Waals surface area contributed by atoms with Crippen molar-refractivity contribution in [2.24, 2.45) is 5.16 Å². The molecule has 0 unspecified atom stereocenters. The van der Waals surface area contributed by atoms with Crippen molar-refractivity contribution in [1.82, 2.24) is 0 Å². The smallest absolute Gasteiger partial charge is 0.267 e. The molecule has 2 heterocycles. The van der Waals surface area contributed by atoms with Gasteiger partial charge in [-0.25, -0.2) is 0 Å². The molecule has 0 spiro atoms. The lowest BCUT2D eigenvalue weighted by molar-refractivity contribution is -0.123. The molecule has 1 fully saturated rings. The van der Waals surface area contributed by atoms with Crippen LogP contribution >= 0.6 is 0 Å². The summed E-state index contributed by atoms with van der Waals surface area (Å²) in [5.41, 5.74) is 4.32. The van der Waals surface area contributed by atoms with Crippen LogP contribution in [0.4, 0.5) is 11.4 Å². The maximum absolute atomic E-state index is 12.5. The summed E-state index contributed by atoms with van der Waals surface area (Å²) in [4.78, 5) is 21.9. The number of hydrogen-bond donors (Lipinski definition) is 0. The van der Waals surface area contributed by atoms with Crippen molar-refractivity contribution in [1.29, 1.82) is 0 Å². The first kappa shape index (κ1) is 18.5. The lowest BCUT2D eigenvalue weighted by Gasteiger charge is -2.29. The van der Waals surface area contributed by atoms with Gasteiger partial charge in [0.1, 0.15) is 0 Å². The van der Waals surface area contributed by atoms with E-state index in [1.165, 1.54) is 11.3 Å². The second-order valence-corrected chi connectivity index (χ2v) is 6.98. The molecule has 1 saturated heterocycles. The van der Waals surface area contributed by atoms with Gasteiger partial charge in [0.15, 0.2) is 6.61 Å². The minimum Gasteiger partial charge on any atom is -0.386 e. The summed E-state index contributed by atoms with van der Waals surface area (Å²) in [5, 5.41) is 3.97. The van der Waals surface area contributed by atoms with Crippen molar-refractivity contribution < 1.29 is 14.4 Å². The van der Waals surface area contributed by atoms with Crippen LogP contribution in [0.5, 0.6) is 0 Å². The van der Waals surface area contributed by atoms with Gasteiger partial charge in [-0.15, -0.1) is 0 Å². The fourth-order valence-electron chi connectivity index (χ4n) is 3.65. The number of benzene rings is 2. The third kappa shape index (κ3) is 4.34. The molecule has 0 N–H and O–H groups in total. The zero-order valence-electron chi connectivity index (χ0n) is 15.9. The molecule has 0 bridgehead atoms. The zero-order valence-corrected chi connectivity index (χ0v) is 15.9. The van der Waals surface area contributed by atoms with E-state index < -0.39 is 0 Å². The largest absolute Gasteiger partial charge is 0.386 e. The fraction of sp³-hybridized carbons (Fsp3) is 0.364. The van der Waals surface area contributed by atoms with E-state index in [2.05, 4.69) is 28.3 Å². The Balaban J connectivity index is 1.29. The van der Waals surface area contributed by atoms with Crippen molar-refractivity contribution in [3.8, 4) is 0 Å². The van der Waals surface area contributed by atoms with E-state index in [0.717, 1.165) is 56.9 Å². The van der Waals surface area contributed by atoms with Crippen molar-refractivity contribution >= 4 is 23.5 Å². The highest BCUT2D eigenvalue weighted by molar-refractivity contribution is 5.95. The van der Waals surface area contributed by atoms with Gasteiger partial charge < -0.3 is 19.4 Å². The van der Waals surface area contributed by atoms with E-state index in [-0.39, 0.29) is 12.5 Å². The van der Waals surface area contributed by atoms with Crippen LogP contribution in [0.25, 0.3) is 0 Å². The highest BCUT2D eigenvalue weighted by atomic mass is 16.6. The number of aryl methyl sites for hydroxylation is 1. The summed E-state index contributed by atoms with van der Waals surface area (Å²) in [5.74, 6) is -0.0630. The Morgan fingerprint density at radius 3 is 2.68 bits per heavy atom. The van der Waals surface area contributed by atoms with E-state index in [1.54, 1.807) is 11.1 Å². The molecule has 0 saturated carbocycles. The summed E-state index contributed by atoms with van der Waals surface area (Å²) in [6.45, 7) is 4.04. The highest BCUT2D eigenvalue weighted by Crippen LogP contribution is 2.26. The van der Waals surface area contributed by atoms with Gasteiger partial charge in [-0.2, -0.15) is 0 Å². The molecule has 0 aliphatic carbocycles. The number of para-hydroxylation sites is 1. The van der Waals surface area contributed by atoms with E-state index >= 15 is 0 Å². The number of hydrogen-bond acceptors (Lipinski definition) is 5. The van der Waals surface area contributed by atoms with Gasteiger partial charge in [0.2, 0.25) is 0 Å². The topological polar surface area (TPSA) is 54.4 Å². The van der Waals surface area contributed by atoms with Gasteiger partial charge >= 0.3 is 0 Å². The Morgan fingerprint density at radius 1 is 1.07 bits per heavy atom. The number of oxime groups is 1. The van der Waals surface area contributed by atoms with Crippen molar-refractivity contribution in [2.75, 3.05) is 49.3 Å². The molecule has 146 valence electrons. The van der Waals surface area contributed by atoms with Crippen LogP contribution in [-0.4, -0.2) is 51.6 Å². The monoisotopic (exact) mass is 379 g/mol. The van der Waals surface area contributed by atoms with Gasteiger partial charge in [0.05, 0.1) is 19.4 Å². The Hall–Kier alpha value is -2.86. The molecular weight excluding hydrogens is 354 g/mol. The minimum absolute atomic E-state index is 0.0588. The minimum atomic E-state index is -0.0630. The maximum Gasteiger partial charge on any atom is 0.267 e. The molecule has 0 atom stereocenters. The molecular formula is C22H25N3O3. The normalized spacial score (nSPS) is 16.9. The average Bonchev–Trinajstić information content (AvgIpc) is 2.77. The predicted molar refractivity (Wildman–Crippen MR) is 110 cm³/mol. The SMILES string of the molecule is O=C(CON=Cc1ccc(N2CCOCC2)cc1)N1CCCc2ccccc21. The van der Waals surface area contributed by atoms with Crippen LogP contribution < -0.4 is 9.80 Å². The number of fused-ring (bicyclic) bond motifs is 1. The molecule has 4 rings (SSSR count). The van der Waals surface area contributed by atoms with Crippen molar-refractivity contribution in [2.45, 2.75) is 12.8 Å². The number of anilines is 2. The Kier molecular flexibility index (Phi) is 5.87. The second-order valence-electron chi connectivity index (χ2n) is 6.98. The molecule has 28 heavy (non-hydrogen) atoms. The number of carbonyl (C=O) groups excluding carboxylic acids is 1. The summed E-state index contributed by atoms with van der Waals surface area (Å²) >= 11 is 0. The van der Waals surface area contributed by atoms with Crippen LogP contribution in [0.3, 0.4) is 0 Å². The molecule has 6 heteroatoms. The van der Waals surface area contributed by atoms with Crippen LogP contribution in [0.15, 0.2) is 53.7 Å². The molecule has 2 aliphatic heterocycles. The number of ether oxygens (including phenoxy) is 1. The number of rotatable bonds is 5. The zero-order chi connectivity index (χ0) is 19.2. The van der Waals surface area contributed by atoms with Crippen LogP contribution in [-0.2, 0) is 20.8 Å². The van der Waals surface area contributed by atoms with E-state index in [9.17, 15) is 4.79 Å². The number of amides is 1. The summed E-state index contributed by atoms with van der Waals surface area (Å²) < 4.78 is 5.38. The third-order valence-corrected chi connectivity index (χ3v) is 5.14. The van der Waals surface area contributed by atoms with Gasteiger partial charge in [-0.3, -0.25) is 4.79 Å². The van der Waals surface area contributed by atoms with E-state index in [4.69, 9.17) is 9.57 Å². The first-order valence-corrected chi connectivity index (χ1v) is 9.77. The Morgan fingerprint density at radius 2 is 1.86 bits per heavy atom. The lowest BCUT2D eigenvalue weighted by atomic mass is 10.0. The Bertz CT molecular complexity index is 829. The summed E-state index contributed by atoms with van der Waals surface area (Å²) in [6, 6.07) is 16.2. The molecule has 1 amide bonds.